The number of hydrogen-bond acceptors (Lipinski definition) is 3. The Kier molecular flexibility index (Phi) is 6.16. The molecule has 1 amide bonds. The standard InChI is InChI=1S/C12H18BrNO2S/c1-8(2)11(6-15)12(16)14-4-3-10-5-9(13)7-17-10/h5,7-8,11,15H,3-4,6H2,1-2H3,(H,14,16). The number of aliphatic hydroxyl groups is 1. The van der Waals surface area contributed by atoms with Crippen LogP contribution < -0.4 is 5.32 Å². The molecular formula is C12H18BrNO2S. The molecule has 0 spiro atoms. The van der Waals surface area contributed by atoms with E-state index >= 15 is 0 Å². The first-order valence-electron chi connectivity index (χ1n) is 5.66. The van der Waals surface area contributed by atoms with Crippen molar-refractivity contribution < 1.29 is 9.90 Å². The van der Waals surface area contributed by atoms with Gasteiger partial charge in [-0.2, -0.15) is 0 Å². The summed E-state index contributed by atoms with van der Waals surface area (Å²) in [6.45, 7) is 4.41. The predicted molar refractivity (Wildman–Crippen MR) is 74.1 cm³/mol. The lowest BCUT2D eigenvalue weighted by Crippen LogP contribution is -2.36. The number of amides is 1. The van der Waals surface area contributed by atoms with Crippen molar-refractivity contribution >= 4 is 33.2 Å². The van der Waals surface area contributed by atoms with Gasteiger partial charge in [-0.1, -0.05) is 13.8 Å². The minimum absolute atomic E-state index is 0.0573. The van der Waals surface area contributed by atoms with Gasteiger partial charge < -0.3 is 10.4 Å². The monoisotopic (exact) mass is 319 g/mol. The third-order valence-electron chi connectivity index (χ3n) is 2.63. The van der Waals surface area contributed by atoms with Crippen molar-refractivity contribution in [3.63, 3.8) is 0 Å². The number of aliphatic hydroxyl groups excluding tert-OH is 1. The van der Waals surface area contributed by atoms with E-state index in [-0.39, 0.29) is 24.3 Å². The van der Waals surface area contributed by atoms with Crippen LogP contribution in [0, 0.1) is 11.8 Å². The van der Waals surface area contributed by atoms with E-state index in [4.69, 9.17) is 5.11 Å². The van der Waals surface area contributed by atoms with Crippen molar-refractivity contribution in [1.29, 1.82) is 0 Å². The summed E-state index contributed by atoms with van der Waals surface area (Å²) in [6.07, 6.45) is 0.832. The van der Waals surface area contributed by atoms with Gasteiger partial charge in [0, 0.05) is 21.3 Å². The van der Waals surface area contributed by atoms with Crippen LogP contribution in [0.2, 0.25) is 0 Å². The van der Waals surface area contributed by atoms with E-state index in [1.54, 1.807) is 11.3 Å². The number of halogens is 1. The molecule has 0 fully saturated rings. The highest BCUT2D eigenvalue weighted by Crippen LogP contribution is 2.19. The van der Waals surface area contributed by atoms with Crippen LogP contribution in [0.5, 0.6) is 0 Å². The van der Waals surface area contributed by atoms with Gasteiger partial charge in [0.1, 0.15) is 0 Å². The molecule has 0 saturated heterocycles. The van der Waals surface area contributed by atoms with Gasteiger partial charge in [-0.15, -0.1) is 11.3 Å². The molecule has 0 aromatic carbocycles. The first-order valence-corrected chi connectivity index (χ1v) is 7.33. The molecule has 96 valence electrons. The second kappa shape index (κ2) is 7.13. The largest absolute Gasteiger partial charge is 0.396 e. The molecule has 1 aromatic heterocycles. The van der Waals surface area contributed by atoms with Gasteiger partial charge in [0.2, 0.25) is 5.91 Å². The summed E-state index contributed by atoms with van der Waals surface area (Å²) in [5.41, 5.74) is 0. The number of carbonyl (C=O) groups is 1. The maximum Gasteiger partial charge on any atom is 0.225 e. The van der Waals surface area contributed by atoms with E-state index in [1.165, 1.54) is 4.88 Å². The van der Waals surface area contributed by atoms with Crippen molar-refractivity contribution in [2.24, 2.45) is 11.8 Å². The third kappa shape index (κ3) is 4.77. The first kappa shape index (κ1) is 14.7. The Hall–Kier alpha value is -0.390. The molecule has 0 radical (unpaired) electrons. The molecule has 2 N–H and O–H groups in total. The third-order valence-corrected chi connectivity index (χ3v) is 4.39. The Morgan fingerprint density at radius 3 is 2.76 bits per heavy atom. The van der Waals surface area contributed by atoms with Gasteiger partial charge in [0.15, 0.2) is 0 Å². The summed E-state index contributed by atoms with van der Waals surface area (Å²) in [5.74, 6) is -0.195. The fraction of sp³-hybridized carbons (Fsp3) is 0.583. The van der Waals surface area contributed by atoms with Gasteiger partial charge >= 0.3 is 0 Å². The van der Waals surface area contributed by atoms with Gasteiger partial charge in [-0.3, -0.25) is 4.79 Å². The van der Waals surface area contributed by atoms with Crippen LogP contribution in [0.3, 0.4) is 0 Å². The smallest absolute Gasteiger partial charge is 0.225 e. The van der Waals surface area contributed by atoms with E-state index in [2.05, 4.69) is 27.3 Å². The van der Waals surface area contributed by atoms with Crippen LogP contribution in [-0.2, 0) is 11.2 Å². The Labute approximate surface area is 114 Å². The van der Waals surface area contributed by atoms with E-state index in [0.717, 1.165) is 10.9 Å². The normalized spacial score (nSPS) is 12.8. The molecule has 0 bridgehead atoms. The SMILES string of the molecule is CC(C)C(CO)C(=O)NCCc1cc(Br)cs1. The molecule has 5 heteroatoms. The maximum atomic E-state index is 11.7. The molecule has 0 saturated carbocycles. The van der Waals surface area contributed by atoms with E-state index in [0.29, 0.717) is 6.54 Å². The second-order valence-electron chi connectivity index (χ2n) is 4.31. The summed E-state index contributed by atoms with van der Waals surface area (Å²) in [5, 5.41) is 14.0. The zero-order valence-electron chi connectivity index (χ0n) is 10.1. The van der Waals surface area contributed by atoms with Crippen molar-refractivity contribution in [3.8, 4) is 0 Å². The number of thiophene rings is 1. The van der Waals surface area contributed by atoms with Crippen molar-refractivity contribution in [1.82, 2.24) is 5.32 Å². The summed E-state index contributed by atoms with van der Waals surface area (Å²) in [7, 11) is 0. The second-order valence-corrected chi connectivity index (χ2v) is 6.22. The van der Waals surface area contributed by atoms with Crippen LogP contribution in [0.25, 0.3) is 0 Å². The number of rotatable bonds is 6. The zero-order valence-corrected chi connectivity index (χ0v) is 12.5. The van der Waals surface area contributed by atoms with Crippen LogP contribution in [0.15, 0.2) is 15.9 Å². The van der Waals surface area contributed by atoms with Crippen molar-refractivity contribution in [3.05, 3.63) is 20.8 Å². The molecule has 0 aliphatic rings. The van der Waals surface area contributed by atoms with Crippen molar-refractivity contribution in [2.45, 2.75) is 20.3 Å². The highest BCUT2D eigenvalue weighted by molar-refractivity contribution is 9.10. The zero-order chi connectivity index (χ0) is 12.8. The van der Waals surface area contributed by atoms with Gasteiger partial charge in [0.05, 0.1) is 12.5 Å². The number of hydrogen-bond donors (Lipinski definition) is 2. The van der Waals surface area contributed by atoms with Crippen LogP contribution in [0.4, 0.5) is 0 Å². The van der Waals surface area contributed by atoms with E-state index < -0.39 is 0 Å². The lowest BCUT2D eigenvalue weighted by atomic mass is 9.96. The van der Waals surface area contributed by atoms with Crippen LogP contribution in [-0.4, -0.2) is 24.2 Å². The average Bonchev–Trinajstić information content (AvgIpc) is 2.64. The Bertz CT molecular complexity index is 365. The quantitative estimate of drug-likeness (QED) is 0.846. The molecule has 1 rings (SSSR count). The highest BCUT2D eigenvalue weighted by Gasteiger charge is 2.20. The van der Waals surface area contributed by atoms with Crippen LogP contribution >= 0.6 is 27.3 Å². The molecule has 1 atom stereocenters. The summed E-state index contributed by atoms with van der Waals surface area (Å²) < 4.78 is 1.08. The predicted octanol–water partition coefficient (Wildman–Crippen LogP) is 2.43. The molecule has 0 aliphatic heterocycles. The van der Waals surface area contributed by atoms with Crippen molar-refractivity contribution in [2.75, 3.05) is 13.2 Å². The fourth-order valence-corrected chi connectivity index (χ4v) is 2.98. The van der Waals surface area contributed by atoms with E-state index in [1.807, 2.05) is 19.2 Å². The Morgan fingerprint density at radius 1 is 1.59 bits per heavy atom. The topological polar surface area (TPSA) is 49.3 Å². The summed E-state index contributed by atoms with van der Waals surface area (Å²) in [4.78, 5) is 13.0. The highest BCUT2D eigenvalue weighted by atomic mass is 79.9. The van der Waals surface area contributed by atoms with Gasteiger partial charge in [-0.05, 0) is 34.3 Å². The maximum absolute atomic E-state index is 11.7. The number of carbonyl (C=O) groups excluding carboxylic acids is 1. The summed E-state index contributed by atoms with van der Waals surface area (Å²) >= 11 is 5.07. The molecule has 1 aromatic rings. The minimum atomic E-state index is -0.301. The average molecular weight is 320 g/mol. The molecular weight excluding hydrogens is 302 g/mol. The molecule has 1 unspecified atom stereocenters. The molecule has 17 heavy (non-hydrogen) atoms. The number of nitrogens with one attached hydrogen (secondary N) is 1. The Morgan fingerprint density at radius 2 is 2.29 bits per heavy atom. The lowest BCUT2D eigenvalue weighted by molar-refractivity contribution is -0.127. The Balaban J connectivity index is 2.33. The summed E-state index contributed by atoms with van der Waals surface area (Å²) in [6, 6.07) is 2.06. The van der Waals surface area contributed by atoms with E-state index in [9.17, 15) is 4.79 Å². The van der Waals surface area contributed by atoms with Gasteiger partial charge in [0.25, 0.3) is 0 Å². The minimum Gasteiger partial charge on any atom is -0.396 e. The lowest BCUT2D eigenvalue weighted by Gasteiger charge is -2.17. The first-order chi connectivity index (χ1) is 8.04. The molecule has 1 heterocycles. The molecule has 3 nitrogen and oxygen atoms in total. The fourth-order valence-electron chi connectivity index (χ4n) is 1.52. The molecule has 0 aliphatic carbocycles. The van der Waals surface area contributed by atoms with Gasteiger partial charge in [-0.25, -0.2) is 0 Å². The van der Waals surface area contributed by atoms with Crippen LogP contribution in [0.1, 0.15) is 18.7 Å².